The molecule has 1 fully saturated rings. The first-order valence-electron chi connectivity index (χ1n) is 8.17. The van der Waals surface area contributed by atoms with Crippen LogP contribution >= 0.6 is 11.6 Å². The van der Waals surface area contributed by atoms with Crippen LogP contribution in [0.4, 0.5) is 5.69 Å². The third-order valence-corrected chi connectivity index (χ3v) is 4.86. The van der Waals surface area contributed by atoms with Gasteiger partial charge in [-0.15, -0.1) is 0 Å². The molecule has 0 heterocycles. The molecule has 2 rings (SSSR count). The van der Waals surface area contributed by atoms with E-state index >= 15 is 0 Å². The summed E-state index contributed by atoms with van der Waals surface area (Å²) in [5, 5.41) is 3.78. The maximum absolute atomic E-state index is 12.4. The van der Waals surface area contributed by atoms with Gasteiger partial charge in [0.25, 0.3) is 0 Å². The van der Waals surface area contributed by atoms with Crippen molar-refractivity contribution in [3.05, 3.63) is 28.8 Å². The van der Waals surface area contributed by atoms with E-state index < -0.39 is 0 Å². The Bertz CT molecular complexity index is 478. The number of carbonyl (C=O) groups excluding carboxylic acids is 1. The molecule has 21 heavy (non-hydrogen) atoms. The number of anilines is 1. The first kappa shape index (κ1) is 16.4. The van der Waals surface area contributed by atoms with Crippen molar-refractivity contribution >= 4 is 23.2 Å². The molecule has 0 aromatic heterocycles. The Labute approximate surface area is 133 Å². The number of benzene rings is 1. The Morgan fingerprint density at radius 3 is 2.62 bits per heavy atom. The maximum atomic E-state index is 12.4. The minimum Gasteiger partial charge on any atom is -0.326 e. The van der Waals surface area contributed by atoms with E-state index in [9.17, 15) is 4.79 Å². The lowest BCUT2D eigenvalue weighted by Gasteiger charge is -2.27. The standard InChI is InChI=1S/C18H26ClNO/c1-3-4-5-14-6-8-15(9-7-14)18(21)20-17-11-10-16(19)12-13(17)2/h10-12,14-15H,3-9H2,1-2H3,(H,20,21). The van der Waals surface area contributed by atoms with Crippen LogP contribution < -0.4 is 5.32 Å². The molecule has 0 saturated heterocycles. The quantitative estimate of drug-likeness (QED) is 0.755. The highest BCUT2D eigenvalue weighted by Crippen LogP contribution is 2.32. The van der Waals surface area contributed by atoms with Gasteiger partial charge in [0.15, 0.2) is 0 Å². The summed E-state index contributed by atoms with van der Waals surface area (Å²) in [4.78, 5) is 12.4. The second kappa shape index (κ2) is 7.84. The van der Waals surface area contributed by atoms with Gasteiger partial charge in [0, 0.05) is 16.6 Å². The molecule has 0 spiro atoms. The molecule has 0 bridgehead atoms. The van der Waals surface area contributed by atoms with E-state index in [0.717, 1.165) is 30.0 Å². The fraction of sp³-hybridized carbons (Fsp3) is 0.611. The van der Waals surface area contributed by atoms with Crippen LogP contribution in [-0.2, 0) is 4.79 Å². The number of nitrogens with one attached hydrogen (secondary N) is 1. The molecule has 1 N–H and O–H groups in total. The number of halogens is 1. The highest BCUT2D eigenvalue weighted by Gasteiger charge is 2.26. The molecule has 1 aromatic carbocycles. The number of carbonyl (C=O) groups is 1. The largest absolute Gasteiger partial charge is 0.326 e. The van der Waals surface area contributed by atoms with Gasteiger partial charge < -0.3 is 5.32 Å². The summed E-state index contributed by atoms with van der Waals surface area (Å²) in [6.45, 7) is 4.22. The van der Waals surface area contributed by atoms with Crippen LogP contribution in [-0.4, -0.2) is 5.91 Å². The Kier molecular flexibility index (Phi) is 6.10. The molecule has 1 aliphatic carbocycles. The molecule has 1 aromatic rings. The smallest absolute Gasteiger partial charge is 0.227 e. The first-order valence-corrected chi connectivity index (χ1v) is 8.55. The van der Waals surface area contributed by atoms with E-state index in [1.807, 2.05) is 25.1 Å². The lowest BCUT2D eigenvalue weighted by molar-refractivity contribution is -0.121. The van der Waals surface area contributed by atoms with E-state index in [-0.39, 0.29) is 11.8 Å². The summed E-state index contributed by atoms with van der Waals surface area (Å²) < 4.78 is 0. The summed E-state index contributed by atoms with van der Waals surface area (Å²) in [7, 11) is 0. The zero-order valence-electron chi connectivity index (χ0n) is 13.1. The second-order valence-electron chi connectivity index (χ2n) is 6.31. The van der Waals surface area contributed by atoms with E-state index in [1.54, 1.807) is 0 Å². The molecular formula is C18H26ClNO. The predicted molar refractivity (Wildman–Crippen MR) is 89.8 cm³/mol. The van der Waals surface area contributed by atoms with Gasteiger partial charge in [-0.3, -0.25) is 4.79 Å². The molecule has 0 radical (unpaired) electrons. The molecule has 0 atom stereocenters. The zero-order chi connectivity index (χ0) is 15.2. The van der Waals surface area contributed by atoms with E-state index in [4.69, 9.17) is 11.6 Å². The Hall–Kier alpha value is -1.02. The van der Waals surface area contributed by atoms with Crippen LogP contribution in [0, 0.1) is 18.8 Å². The summed E-state index contributed by atoms with van der Waals surface area (Å²) in [5.74, 6) is 1.19. The molecule has 2 nitrogen and oxygen atoms in total. The van der Waals surface area contributed by atoms with E-state index in [1.165, 1.54) is 32.1 Å². The SMILES string of the molecule is CCCCC1CCC(C(=O)Nc2ccc(Cl)cc2C)CC1. The van der Waals surface area contributed by atoms with Gasteiger partial charge in [0.2, 0.25) is 5.91 Å². The van der Waals surface area contributed by atoms with Crippen LogP contribution in [0.1, 0.15) is 57.4 Å². The van der Waals surface area contributed by atoms with Crippen molar-refractivity contribution in [3.8, 4) is 0 Å². The average molecular weight is 308 g/mol. The van der Waals surface area contributed by atoms with Crippen molar-refractivity contribution in [1.29, 1.82) is 0 Å². The Balaban J connectivity index is 1.84. The van der Waals surface area contributed by atoms with Crippen LogP contribution in [0.2, 0.25) is 5.02 Å². The number of hydrogen-bond donors (Lipinski definition) is 1. The molecule has 1 amide bonds. The minimum atomic E-state index is 0.175. The van der Waals surface area contributed by atoms with Gasteiger partial charge >= 0.3 is 0 Å². The Morgan fingerprint density at radius 1 is 1.29 bits per heavy atom. The van der Waals surface area contributed by atoms with Crippen LogP contribution in [0.5, 0.6) is 0 Å². The van der Waals surface area contributed by atoms with Crippen LogP contribution in [0.25, 0.3) is 0 Å². The average Bonchev–Trinajstić information content (AvgIpc) is 2.48. The van der Waals surface area contributed by atoms with Crippen LogP contribution in [0.15, 0.2) is 18.2 Å². The summed E-state index contributed by atoms with van der Waals surface area (Å²) in [6.07, 6.45) is 8.41. The van der Waals surface area contributed by atoms with Gasteiger partial charge in [-0.2, -0.15) is 0 Å². The molecule has 3 heteroatoms. The highest BCUT2D eigenvalue weighted by atomic mass is 35.5. The maximum Gasteiger partial charge on any atom is 0.227 e. The van der Waals surface area contributed by atoms with Crippen molar-refractivity contribution in [2.45, 2.75) is 58.8 Å². The summed E-state index contributed by atoms with van der Waals surface area (Å²) in [6, 6.07) is 5.60. The van der Waals surface area contributed by atoms with Crippen LogP contribution in [0.3, 0.4) is 0 Å². The molecule has 1 aliphatic rings. The normalized spacial score (nSPS) is 22.0. The van der Waals surface area contributed by atoms with Crippen molar-refractivity contribution in [1.82, 2.24) is 0 Å². The second-order valence-corrected chi connectivity index (χ2v) is 6.74. The van der Waals surface area contributed by atoms with Crippen molar-refractivity contribution < 1.29 is 4.79 Å². The number of hydrogen-bond acceptors (Lipinski definition) is 1. The van der Waals surface area contributed by atoms with Crippen molar-refractivity contribution in [3.63, 3.8) is 0 Å². The van der Waals surface area contributed by atoms with Crippen molar-refractivity contribution in [2.24, 2.45) is 11.8 Å². The predicted octanol–water partition coefficient (Wildman–Crippen LogP) is 5.58. The topological polar surface area (TPSA) is 29.1 Å². The molecule has 0 unspecified atom stereocenters. The van der Waals surface area contributed by atoms with Crippen molar-refractivity contribution in [2.75, 3.05) is 5.32 Å². The zero-order valence-corrected chi connectivity index (χ0v) is 13.9. The van der Waals surface area contributed by atoms with Gasteiger partial charge in [-0.05, 0) is 62.3 Å². The molecule has 116 valence electrons. The third-order valence-electron chi connectivity index (χ3n) is 4.63. The number of rotatable bonds is 5. The summed E-state index contributed by atoms with van der Waals surface area (Å²) >= 11 is 5.95. The lowest BCUT2D eigenvalue weighted by Crippen LogP contribution is -2.27. The van der Waals surface area contributed by atoms with Gasteiger partial charge in [0.1, 0.15) is 0 Å². The molecule has 1 saturated carbocycles. The number of aryl methyl sites for hydroxylation is 1. The van der Waals surface area contributed by atoms with Gasteiger partial charge in [-0.25, -0.2) is 0 Å². The fourth-order valence-corrected chi connectivity index (χ4v) is 3.43. The van der Waals surface area contributed by atoms with E-state index in [0.29, 0.717) is 5.02 Å². The number of unbranched alkanes of at least 4 members (excludes halogenated alkanes) is 1. The lowest BCUT2D eigenvalue weighted by atomic mass is 9.79. The number of amides is 1. The van der Waals surface area contributed by atoms with E-state index in [2.05, 4.69) is 12.2 Å². The highest BCUT2D eigenvalue weighted by molar-refractivity contribution is 6.30. The first-order chi connectivity index (χ1) is 10.1. The molecule has 0 aliphatic heterocycles. The monoisotopic (exact) mass is 307 g/mol. The minimum absolute atomic E-state index is 0.175. The fourth-order valence-electron chi connectivity index (χ4n) is 3.21. The van der Waals surface area contributed by atoms with Gasteiger partial charge in [0.05, 0.1) is 0 Å². The van der Waals surface area contributed by atoms with Gasteiger partial charge in [-0.1, -0.05) is 37.8 Å². The Morgan fingerprint density at radius 2 is 2.00 bits per heavy atom. The third kappa shape index (κ3) is 4.74. The summed E-state index contributed by atoms with van der Waals surface area (Å²) in [5.41, 5.74) is 1.91. The molecular weight excluding hydrogens is 282 g/mol.